The lowest BCUT2D eigenvalue weighted by atomic mass is 9.79. The zero-order valence-corrected chi connectivity index (χ0v) is 12.2. The molecule has 0 radical (unpaired) electrons. The Balaban J connectivity index is 2.41. The fourth-order valence-electron chi connectivity index (χ4n) is 3.40. The Morgan fingerprint density at radius 2 is 2.00 bits per heavy atom. The summed E-state index contributed by atoms with van der Waals surface area (Å²) in [5.41, 5.74) is 4.62. The molecule has 0 bridgehead atoms. The molecule has 2 rings (SSSR count). The molecule has 0 aromatic heterocycles. The standard InChI is InChI=1S/C17H27N/c1-4-10-17(11-6-5-7-12-18-17)16-13-14(2)8-9-15(16)3/h8-9,13,18H,4-7,10-12H2,1-3H3. The van der Waals surface area contributed by atoms with Crippen LogP contribution in [0.15, 0.2) is 18.2 Å². The molecule has 1 nitrogen and oxygen atoms in total. The van der Waals surface area contributed by atoms with Crippen LogP contribution in [0.4, 0.5) is 0 Å². The highest BCUT2D eigenvalue weighted by atomic mass is 15.0. The third-order valence-corrected chi connectivity index (χ3v) is 4.33. The predicted molar refractivity (Wildman–Crippen MR) is 79.0 cm³/mol. The number of nitrogens with one attached hydrogen (secondary N) is 1. The zero-order chi connectivity index (χ0) is 13.0. The van der Waals surface area contributed by atoms with Crippen LogP contribution in [-0.2, 0) is 5.54 Å². The Kier molecular flexibility index (Phi) is 4.45. The van der Waals surface area contributed by atoms with Gasteiger partial charge < -0.3 is 5.32 Å². The molecule has 1 aliphatic heterocycles. The number of hydrogen-bond donors (Lipinski definition) is 1. The SMILES string of the molecule is CCCC1(c2cc(C)ccc2C)CCCCCN1. The van der Waals surface area contributed by atoms with Crippen molar-refractivity contribution in [2.75, 3.05) is 6.54 Å². The van der Waals surface area contributed by atoms with Crippen LogP contribution in [0.2, 0.25) is 0 Å². The fourth-order valence-corrected chi connectivity index (χ4v) is 3.40. The van der Waals surface area contributed by atoms with E-state index in [0.29, 0.717) is 0 Å². The maximum atomic E-state index is 3.88. The average molecular weight is 245 g/mol. The first-order valence-corrected chi connectivity index (χ1v) is 7.51. The van der Waals surface area contributed by atoms with Gasteiger partial charge in [-0.3, -0.25) is 0 Å². The average Bonchev–Trinajstić information content (AvgIpc) is 2.59. The molecule has 0 saturated carbocycles. The van der Waals surface area contributed by atoms with Gasteiger partial charge in [0.1, 0.15) is 0 Å². The predicted octanol–water partition coefficient (Wildman–Crippen LogP) is 4.46. The van der Waals surface area contributed by atoms with Crippen LogP contribution >= 0.6 is 0 Å². The molecule has 1 unspecified atom stereocenters. The Morgan fingerprint density at radius 3 is 2.78 bits per heavy atom. The molecule has 0 spiro atoms. The highest BCUT2D eigenvalue weighted by Crippen LogP contribution is 2.36. The van der Waals surface area contributed by atoms with Crippen molar-refractivity contribution in [3.63, 3.8) is 0 Å². The molecule has 1 fully saturated rings. The lowest BCUT2D eigenvalue weighted by molar-refractivity contribution is 0.296. The Bertz CT molecular complexity index is 387. The van der Waals surface area contributed by atoms with Crippen LogP contribution in [0, 0.1) is 13.8 Å². The Labute approximate surface area is 112 Å². The second kappa shape index (κ2) is 5.88. The molecule has 1 N–H and O–H groups in total. The summed E-state index contributed by atoms with van der Waals surface area (Å²) >= 11 is 0. The Morgan fingerprint density at radius 1 is 1.17 bits per heavy atom. The lowest BCUT2D eigenvalue weighted by Gasteiger charge is -2.36. The van der Waals surface area contributed by atoms with Gasteiger partial charge in [0, 0.05) is 5.54 Å². The topological polar surface area (TPSA) is 12.0 Å². The number of benzene rings is 1. The van der Waals surface area contributed by atoms with Crippen molar-refractivity contribution in [2.24, 2.45) is 0 Å². The lowest BCUT2D eigenvalue weighted by Crippen LogP contribution is -2.42. The normalized spacial score (nSPS) is 24.8. The van der Waals surface area contributed by atoms with E-state index >= 15 is 0 Å². The number of rotatable bonds is 3. The molecule has 1 atom stereocenters. The van der Waals surface area contributed by atoms with Crippen LogP contribution in [-0.4, -0.2) is 6.54 Å². The molecule has 18 heavy (non-hydrogen) atoms. The molecule has 1 saturated heterocycles. The van der Waals surface area contributed by atoms with Crippen molar-refractivity contribution in [3.8, 4) is 0 Å². The molecule has 1 aliphatic rings. The highest BCUT2D eigenvalue weighted by molar-refractivity contribution is 5.36. The first kappa shape index (κ1) is 13.6. The van der Waals surface area contributed by atoms with E-state index in [4.69, 9.17) is 0 Å². The summed E-state index contributed by atoms with van der Waals surface area (Å²) in [6.45, 7) is 7.95. The van der Waals surface area contributed by atoms with Crippen LogP contribution in [0.3, 0.4) is 0 Å². The van der Waals surface area contributed by atoms with E-state index in [1.54, 1.807) is 5.56 Å². The zero-order valence-electron chi connectivity index (χ0n) is 12.2. The van der Waals surface area contributed by atoms with Gasteiger partial charge in [-0.15, -0.1) is 0 Å². The second-order valence-electron chi connectivity index (χ2n) is 5.89. The maximum Gasteiger partial charge on any atom is 0.0437 e. The summed E-state index contributed by atoms with van der Waals surface area (Å²) in [7, 11) is 0. The first-order valence-electron chi connectivity index (χ1n) is 7.51. The monoisotopic (exact) mass is 245 g/mol. The van der Waals surface area contributed by atoms with Gasteiger partial charge in [0.15, 0.2) is 0 Å². The summed E-state index contributed by atoms with van der Waals surface area (Å²) in [6, 6.07) is 6.92. The van der Waals surface area contributed by atoms with E-state index in [1.807, 2.05) is 0 Å². The Hall–Kier alpha value is -0.820. The molecule has 1 heteroatoms. The van der Waals surface area contributed by atoms with Crippen LogP contribution in [0.25, 0.3) is 0 Å². The van der Waals surface area contributed by atoms with Crippen LogP contribution in [0.1, 0.15) is 62.1 Å². The van der Waals surface area contributed by atoms with E-state index in [0.717, 1.165) is 0 Å². The van der Waals surface area contributed by atoms with Gasteiger partial charge in [-0.2, -0.15) is 0 Å². The summed E-state index contributed by atoms with van der Waals surface area (Å²) in [6.07, 6.45) is 7.88. The molecule has 1 aromatic carbocycles. The molecular weight excluding hydrogens is 218 g/mol. The van der Waals surface area contributed by atoms with Crippen LogP contribution < -0.4 is 5.32 Å². The smallest absolute Gasteiger partial charge is 0.0437 e. The van der Waals surface area contributed by atoms with E-state index in [1.165, 1.54) is 56.2 Å². The molecular formula is C17H27N. The minimum Gasteiger partial charge on any atom is -0.307 e. The molecule has 1 heterocycles. The van der Waals surface area contributed by atoms with Gasteiger partial charge in [0.2, 0.25) is 0 Å². The van der Waals surface area contributed by atoms with E-state index < -0.39 is 0 Å². The highest BCUT2D eigenvalue weighted by Gasteiger charge is 2.32. The van der Waals surface area contributed by atoms with Crippen molar-refractivity contribution in [1.82, 2.24) is 5.32 Å². The van der Waals surface area contributed by atoms with Gasteiger partial charge in [-0.25, -0.2) is 0 Å². The maximum absolute atomic E-state index is 3.88. The fraction of sp³-hybridized carbons (Fsp3) is 0.647. The van der Waals surface area contributed by atoms with Gasteiger partial charge >= 0.3 is 0 Å². The van der Waals surface area contributed by atoms with Gasteiger partial charge in [0.25, 0.3) is 0 Å². The summed E-state index contributed by atoms with van der Waals surface area (Å²) in [5, 5.41) is 3.88. The molecule has 1 aromatic rings. The number of hydrogen-bond acceptors (Lipinski definition) is 1. The van der Waals surface area contributed by atoms with Gasteiger partial charge in [0.05, 0.1) is 0 Å². The molecule has 0 amide bonds. The first-order chi connectivity index (χ1) is 8.68. The van der Waals surface area contributed by atoms with Crippen molar-refractivity contribution < 1.29 is 0 Å². The van der Waals surface area contributed by atoms with Gasteiger partial charge in [-0.1, -0.05) is 49.9 Å². The molecule has 100 valence electrons. The van der Waals surface area contributed by atoms with E-state index in [9.17, 15) is 0 Å². The summed E-state index contributed by atoms with van der Waals surface area (Å²) in [4.78, 5) is 0. The van der Waals surface area contributed by atoms with Crippen molar-refractivity contribution in [1.29, 1.82) is 0 Å². The third kappa shape index (κ3) is 2.77. The minimum atomic E-state index is 0.237. The molecule has 0 aliphatic carbocycles. The third-order valence-electron chi connectivity index (χ3n) is 4.33. The van der Waals surface area contributed by atoms with Crippen molar-refractivity contribution >= 4 is 0 Å². The minimum absolute atomic E-state index is 0.237. The van der Waals surface area contributed by atoms with Crippen LogP contribution in [0.5, 0.6) is 0 Å². The largest absolute Gasteiger partial charge is 0.307 e. The number of aryl methyl sites for hydroxylation is 2. The quantitative estimate of drug-likeness (QED) is 0.829. The van der Waals surface area contributed by atoms with Crippen molar-refractivity contribution in [2.45, 2.75) is 64.8 Å². The summed E-state index contributed by atoms with van der Waals surface area (Å²) < 4.78 is 0. The van der Waals surface area contributed by atoms with E-state index in [-0.39, 0.29) is 5.54 Å². The van der Waals surface area contributed by atoms with Crippen molar-refractivity contribution in [3.05, 3.63) is 34.9 Å². The summed E-state index contributed by atoms with van der Waals surface area (Å²) in [5.74, 6) is 0. The second-order valence-corrected chi connectivity index (χ2v) is 5.89. The van der Waals surface area contributed by atoms with E-state index in [2.05, 4.69) is 44.3 Å². The van der Waals surface area contributed by atoms with Gasteiger partial charge in [-0.05, 0) is 50.8 Å².